The van der Waals surface area contributed by atoms with Crippen LogP contribution in [0.4, 0.5) is 6.01 Å². The third-order valence-corrected chi connectivity index (χ3v) is 6.98. The Morgan fingerprint density at radius 1 is 1.13 bits per heavy atom. The van der Waals surface area contributed by atoms with Gasteiger partial charge in [0.2, 0.25) is 5.91 Å². The Hall–Kier alpha value is -2.54. The SMILES string of the molecule is COc1ccc(Br)cc1C1CCCN1C(=O)C1CCN(c2nc3ccccc3o2)CC1. The van der Waals surface area contributed by atoms with E-state index >= 15 is 0 Å². The summed E-state index contributed by atoms with van der Waals surface area (Å²) in [7, 11) is 1.69. The van der Waals surface area contributed by atoms with E-state index < -0.39 is 0 Å². The van der Waals surface area contributed by atoms with E-state index in [2.05, 4.69) is 36.8 Å². The lowest BCUT2D eigenvalue weighted by Crippen LogP contribution is -2.42. The molecule has 2 aliphatic rings. The molecule has 162 valence electrons. The maximum Gasteiger partial charge on any atom is 0.298 e. The van der Waals surface area contributed by atoms with Crippen molar-refractivity contribution in [3.63, 3.8) is 0 Å². The summed E-state index contributed by atoms with van der Waals surface area (Å²) >= 11 is 3.57. The molecule has 1 aromatic heterocycles. The number of carbonyl (C=O) groups excluding carboxylic acids is 1. The number of hydrogen-bond donors (Lipinski definition) is 0. The van der Waals surface area contributed by atoms with Gasteiger partial charge in [0.15, 0.2) is 5.58 Å². The number of piperidine rings is 1. The minimum absolute atomic E-state index is 0.0411. The van der Waals surface area contributed by atoms with Gasteiger partial charge in [-0.05, 0) is 56.0 Å². The van der Waals surface area contributed by atoms with E-state index in [0.717, 1.165) is 72.2 Å². The molecule has 31 heavy (non-hydrogen) atoms. The van der Waals surface area contributed by atoms with Crippen LogP contribution in [0.15, 0.2) is 51.4 Å². The van der Waals surface area contributed by atoms with Crippen LogP contribution in [-0.4, -0.2) is 42.5 Å². The van der Waals surface area contributed by atoms with Crippen LogP contribution in [0.1, 0.15) is 37.3 Å². The lowest BCUT2D eigenvalue weighted by molar-refractivity contribution is -0.137. The molecule has 6 nitrogen and oxygen atoms in total. The van der Waals surface area contributed by atoms with Crippen molar-refractivity contribution in [3.8, 4) is 5.75 Å². The average Bonchev–Trinajstić information content (AvgIpc) is 3.46. The van der Waals surface area contributed by atoms with Crippen molar-refractivity contribution >= 4 is 39.0 Å². The molecule has 1 atom stereocenters. The molecule has 1 amide bonds. The van der Waals surface area contributed by atoms with Gasteiger partial charge in [-0.1, -0.05) is 28.1 Å². The maximum absolute atomic E-state index is 13.5. The Morgan fingerprint density at radius 2 is 1.94 bits per heavy atom. The molecule has 0 bridgehead atoms. The molecule has 2 saturated heterocycles. The number of carbonyl (C=O) groups is 1. The average molecular weight is 484 g/mol. The largest absolute Gasteiger partial charge is 0.496 e. The molecule has 3 aromatic rings. The van der Waals surface area contributed by atoms with Crippen LogP contribution >= 0.6 is 15.9 Å². The molecular weight excluding hydrogens is 458 g/mol. The number of ether oxygens (including phenoxy) is 1. The minimum atomic E-state index is 0.0411. The van der Waals surface area contributed by atoms with E-state index in [9.17, 15) is 4.79 Å². The summed E-state index contributed by atoms with van der Waals surface area (Å²) in [4.78, 5) is 22.3. The summed E-state index contributed by atoms with van der Waals surface area (Å²) in [6.45, 7) is 2.37. The highest BCUT2D eigenvalue weighted by atomic mass is 79.9. The van der Waals surface area contributed by atoms with Crippen molar-refractivity contribution in [2.75, 3.05) is 31.6 Å². The third-order valence-electron chi connectivity index (χ3n) is 6.48. The number of halogens is 1. The highest BCUT2D eigenvalue weighted by molar-refractivity contribution is 9.10. The number of oxazole rings is 1. The number of benzene rings is 2. The number of fused-ring (bicyclic) bond motifs is 1. The van der Waals surface area contributed by atoms with Crippen LogP contribution in [-0.2, 0) is 4.79 Å². The zero-order chi connectivity index (χ0) is 21.4. The normalized spacial score (nSPS) is 19.9. The van der Waals surface area contributed by atoms with Crippen LogP contribution < -0.4 is 9.64 Å². The molecule has 2 aromatic carbocycles. The number of methoxy groups -OCH3 is 1. The van der Waals surface area contributed by atoms with E-state index in [4.69, 9.17) is 9.15 Å². The second kappa shape index (κ2) is 8.54. The second-order valence-electron chi connectivity index (χ2n) is 8.30. The smallest absolute Gasteiger partial charge is 0.298 e. The predicted octanol–water partition coefficient (Wildman–Crippen LogP) is 5.18. The highest BCUT2D eigenvalue weighted by Gasteiger charge is 2.37. The molecule has 3 heterocycles. The lowest BCUT2D eigenvalue weighted by atomic mass is 9.94. The fourth-order valence-corrected chi connectivity index (χ4v) is 5.25. The molecule has 2 fully saturated rings. The molecule has 0 spiro atoms. The molecule has 2 aliphatic heterocycles. The van der Waals surface area contributed by atoms with E-state index in [1.54, 1.807) is 7.11 Å². The molecule has 0 saturated carbocycles. The van der Waals surface area contributed by atoms with Gasteiger partial charge < -0.3 is 19.0 Å². The molecule has 0 N–H and O–H groups in total. The van der Waals surface area contributed by atoms with Crippen molar-refractivity contribution in [1.82, 2.24) is 9.88 Å². The van der Waals surface area contributed by atoms with Crippen molar-refractivity contribution < 1.29 is 13.9 Å². The van der Waals surface area contributed by atoms with Crippen LogP contribution in [0.3, 0.4) is 0 Å². The quantitative estimate of drug-likeness (QED) is 0.511. The number of para-hydroxylation sites is 2. The van der Waals surface area contributed by atoms with Crippen molar-refractivity contribution in [2.45, 2.75) is 31.7 Å². The van der Waals surface area contributed by atoms with Gasteiger partial charge in [0, 0.05) is 35.6 Å². The van der Waals surface area contributed by atoms with E-state index in [0.29, 0.717) is 6.01 Å². The maximum atomic E-state index is 13.5. The van der Waals surface area contributed by atoms with Gasteiger partial charge in [0.25, 0.3) is 6.01 Å². The van der Waals surface area contributed by atoms with Gasteiger partial charge in [-0.2, -0.15) is 4.98 Å². The Kier molecular flexibility index (Phi) is 5.61. The summed E-state index contributed by atoms with van der Waals surface area (Å²) in [6, 6.07) is 14.6. The number of rotatable bonds is 4. The van der Waals surface area contributed by atoms with Crippen molar-refractivity contribution in [2.24, 2.45) is 5.92 Å². The fourth-order valence-electron chi connectivity index (χ4n) is 4.87. The van der Waals surface area contributed by atoms with Crippen LogP contribution in [0.5, 0.6) is 5.75 Å². The highest BCUT2D eigenvalue weighted by Crippen LogP contribution is 2.40. The molecule has 7 heteroatoms. The first-order valence-electron chi connectivity index (χ1n) is 10.9. The standard InChI is InChI=1S/C24H26BrN3O3/c1-30-21-9-8-17(25)15-18(21)20-6-4-12-28(20)23(29)16-10-13-27(14-11-16)24-26-19-5-2-3-7-22(19)31-24/h2-3,5,7-9,15-16,20H,4,6,10-14H2,1H3. The zero-order valence-corrected chi connectivity index (χ0v) is 19.2. The van der Waals surface area contributed by atoms with Gasteiger partial charge in [-0.25, -0.2) is 0 Å². The fraction of sp³-hybridized carbons (Fsp3) is 0.417. The van der Waals surface area contributed by atoms with E-state index in [1.165, 1.54) is 0 Å². The Morgan fingerprint density at radius 3 is 2.71 bits per heavy atom. The Bertz CT molecular complexity index is 1060. The van der Waals surface area contributed by atoms with Gasteiger partial charge in [-0.3, -0.25) is 4.79 Å². The molecule has 0 aliphatic carbocycles. The first-order chi connectivity index (χ1) is 15.1. The summed E-state index contributed by atoms with van der Waals surface area (Å²) in [5, 5.41) is 0. The number of aromatic nitrogens is 1. The number of anilines is 1. The number of hydrogen-bond acceptors (Lipinski definition) is 5. The van der Waals surface area contributed by atoms with Crippen molar-refractivity contribution in [3.05, 3.63) is 52.5 Å². The van der Waals surface area contributed by atoms with Gasteiger partial charge in [0.05, 0.1) is 13.2 Å². The molecular formula is C24H26BrN3O3. The second-order valence-corrected chi connectivity index (χ2v) is 9.22. The van der Waals surface area contributed by atoms with Gasteiger partial charge in [-0.15, -0.1) is 0 Å². The first-order valence-corrected chi connectivity index (χ1v) is 11.7. The minimum Gasteiger partial charge on any atom is -0.496 e. The lowest BCUT2D eigenvalue weighted by Gasteiger charge is -2.34. The van der Waals surface area contributed by atoms with Gasteiger partial charge in [0.1, 0.15) is 11.3 Å². The zero-order valence-electron chi connectivity index (χ0n) is 17.6. The molecule has 5 rings (SSSR count). The van der Waals surface area contributed by atoms with E-state index in [-0.39, 0.29) is 17.9 Å². The number of likely N-dealkylation sites (tertiary alicyclic amines) is 1. The van der Waals surface area contributed by atoms with Crippen LogP contribution in [0, 0.1) is 5.92 Å². The Balaban J connectivity index is 1.28. The summed E-state index contributed by atoms with van der Waals surface area (Å²) in [5.74, 6) is 1.15. The van der Waals surface area contributed by atoms with E-state index in [1.807, 2.05) is 36.4 Å². The monoisotopic (exact) mass is 483 g/mol. The first kappa shape index (κ1) is 20.4. The van der Waals surface area contributed by atoms with Crippen LogP contribution in [0.2, 0.25) is 0 Å². The Labute approximate surface area is 190 Å². The molecule has 0 radical (unpaired) electrons. The summed E-state index contributed by atoms with van der Waals surface area (Å²) in [5.41, 5.74) is 2.77. The third kappa shape index (κ3) is 3.91. The van der Waals surface area contributed by atoms with Crippen molar-refractivity contribution in [1.29, 1.82) is 0 Å². The topological polar surface area (TPSA) is 58.8 Å². The summed E-state index contributed by atoms with van der Waals surface area (Å²) < 4.78 is 12.5. The van der Waals surface area contributed by atoms with Crippen LogP contribution in [0.25, 0.3) is 11.1 Å². The summed E-state index contributed by atoms with van der Waals surface area (Å²) in [6.07, 6.45) is 3.63. The number of amides is 1. The van der Waals surface area contributed by atoms with Gasteiger partial charge >= 0.3 is 0 Å². The number of nitrogens with zero attached hydrogens (tertiary/aromatic N) is 3. The molecule has 1 unspecified atom stereocenters. The predicted molar refractivity (Wildman–Crippen MR) is 123 cm³/mol.